The van der Waals surface area contributed by atoms with Crippen molar-refractivity contribution in [2.75, 3.05) is 25.0 Å². The fraction of sp³-hybridized carbons (Fsp3) is 0.600. The molecule has 0 saturated carbocycles. The molecule has 3 aliphatic heterocycles. The van der Waals surface area contributed by atoms with E-state index in [1.807, 2.05) is 19.9 Å². The largest absolute Gasteiger partial charge is 0.507 e. The van der Waals surface area contributed by atoms with E-state index in [2.05, 4.69) is 16.3 Å². The number of phenols is 1. The molecule has 3 heterocycles. The maximum atomic E-state index is 10.00. The lowest BCUT2D eigenvalue weighted by atomic mass is 9.84. The standard InChI is InChI=1S/C15H22N2O/c1-10-3-4-13(11(2)15(10)18)16-14-9-17-7-5-12(14)6-8-17/h3-4,12,14,16,18H,5-9H2,1-2H3. The zero-order chi connectivity index (χ0) is 12.7. The Bertz CT molecular complexity index is 450. The SMILES string of the molecule is Cc1ccc(NC2CN3CCC2CC3)c(C)c1O. The summed E-state index contributed by atoms with van der Waals surface area (Å²) in [6, 6.07) is 4.64. The van der Waals surface area contributed by atoms with Crippen LogP contribution in [0.3, 0.4) is 0 Å². The van der Waals surface area contributed by atoms with E-state index in [9.17, 15) is 5.11 Å². The first-order valence-corrected chi connectivity index (χ1v) is 6.93. The number of aromatic hydroxyl groups is 1. The summed E-state index contributed by atoms with van der Waals surface area (Å²) in [4.78, 5) is 2.54. The molecule has 2 bridgehead atoms. The Hall–Kier alpha value is -1.22. The molecule has 1 aromatic carbocycles. The number of aryl methyl sites for hydroxylation is 1. The van der Waals surface area contributed by atoms with E-state index in [1.54, 1.807) is 0 Å². The molecule has 0 aromatic heterocycles. The monoisotopic (exact) mass is 246 g/mol. The zero-order valence-corrected chi connectivity index (χ0v) is 11.2. The molecular formula is C15H22N2O. The van der Waals surface area contributed by atoms with Gasteiger partial charge in [-0.3, -0.25) is 0 Å². The van der Waals surface area contributed by atoms with Gasteiger partial charge in [0.2, 0.25) is 0 Å². The van der Waals surface area contributed by atoms with Gasteiger partial charge in [-0.1, -0.05) is 6.07 Å². The summed E-state index contributed by atoms with van der Waals surface area (Å²) in [6.45, 7) is 7.62. The van der Waals surface area contributed by atoms with Crippen molar-refractivity contribution in [1.82, 2.24) is 4.90 Å². The van der Waals surface area contributed by atoms with Gasteiger partial charge < -0.3 is 15.3 Å². The van der Waals surface area contributed by atoms with E-state index in [1.165, 1.54) is 25.9 Å². The van der Waals surface area contributed by atoms with Gasteiger partial charge in [0.05, 0.1) is 0 Å². The van der Waals surface area contributed by atoms with Crippen LogP contribution in [0.1, 0.15) is 24.0 Å². The Kier molecular flexibility index (Phi) is 2.94. The van der Waals surface area contributed by atoms with Gasteiger partial charge in [0.15, 0.2) is 0 Å². The van der Waals surface area contributed by atoms with Crippen LogP contribution in [0, 0.1) is 19.8 Å². The number of phenolic OH excluding ortho intramolecular Hbond substituents is 1. The molecule has 1 unspecified atom stereocenters. The zero-order valence-electron chi connectivity index (χ0n) is 11.2. The van der Waals surface area contributed by atoms with Gasteiger partial charge in [0, 0.05) is 23.8 Å². The van der Waals surface area contributed by atoms with Crippen LogP contribution in [0.2, 0.25) is 0 Å². The molecule has 18 heavy (non-hydrogen) atoms. The number of nitrogens with one attached hydrogen (secondary N) is 1. The topological polar surface area (TPSA) is 35.5 Å². The molecule has 1 atom stereocenters. The second-order valence-corrected chi connectivity index (χ2v) is 5.79. The Morgan fingerprint density at radius 1 is 1.22 bits per heavy atom. The second-order valence-electron chi connectivity index (χ2n) is 5.79. The number of hydrogen-bond acceptors (Lipinski definition) is 3. The molecule has 4 rings (SSSR count). The van der Waals surface area contributed by atoms with E-state index in [-0.39, 0.29) is 0 Å². The Morgan fingerprint density at radius 2 is 1.94 bits per heavy atom. The number of fused-ring (bicyclic) bond motifs is 3. The lowest BCUT2D eigenvalue weighted by molar-refractivity contribution is 0.0975. The Labute approximate surface area is 109 Å². The number of nitrogens with zero attached hydrogens (tertiary/aromatic N) is 1. The van der Waals surface area contributed by atoms with Gasteiger partial charge in [-0.2, -0.15) is 0 Å². The molecule has 3 heteroatoms. The average molecular weight is 246 g/mol. The summed E-state index contributed by atoms with van der Waals surface area (Å²) in [5.74, 6) is 1.24. The molecule has 0 radical (unpaired) electrons. The van der Waals surface area contributed by atoms with E-state index >= 15 is 0 Å². The molecule has 1 aromatic rings. The van der Waals surface area contributed by atoms with Crippen molar-refractivity contribution in [3.63, 3.8) is 0 Å². The van der Waals surface area contributed by atoms with Gasteiger partial charge in [0.25, 0.3) is 0 Å². The molecule has 98 valence electrons. The maximum Gasteiger partial charge on any atom is 0.123 e. The minimum atomic E-state index is 0.432. The minimum absolute atomic E-state index is 0.432. The summed E-state index contributed by atoms with van der Waals surface area (Å²) in [6.07, 6.45) is 2.63. The van der Waals surface area contributed by atoms with Crippen molar-refractivity contribution < 1.29 is 5.11 Å². The highest BCUT2D eigenvalue weighted by atomic mass is 16.3. The quantitative estimate of drug-likeness (QED) is 0.841. The van der Waals surface area contributed by atoms with Gasteiger partial charge in [-0.15, -0.1) is 0 Å². The van der Waals surface area contributed by atoms with Crippen LogP contribution in [-0.4, -0.2) is 35.7 Å². The molecule has 0 amide bonds. The minimum Gasteiger partial charge on any atom is -0.507 e. The van der Waals surface area contributed by atoms with Crippen molar-refractivity contribution in [3.8, 4) is 5.75 Å². The molecule has 2 N–H and O–H groups in total. The highest BCUT2D eigenvalue weighted by Gasteiger charge is 2.34. The van der Waals surface area contributed by atoms with Crippen LogP contribution in [0.15, 0.2) is 12.1 Å². The summed E-state index contributed by atoms with van der Waals surface area (Å²) in [7, 11) is 0. The third-order valence-corrected chi connectivity index (χ3v) is 4.63. The maximum absolute atomic E-state index is 10.00. The third kappa shape index (κ3) is 1.97. The first-order valence-electron chi connectivity index (χ1n) is 6.93. The Balaban J connectivity index is 1.79. The van der Waals surface area contributed by atoms with Gasteiger partial charge in [-0.05, 0) is 57.3 Å². The highest BCUT2D eigenvalue weighted by Crippen LogP contribution is 2.33. The molecule has 0 spiro atoms. The predicted octanol–water partition coefficient (Wildman–Crippen LogP) is 2.52. The van der Waals surface area contributed by atoms with Crippen molar-refractivity contribution in [2.24, 2.45) is 5.92 Å². The van der Waals surface area contributed by atoms with Gasteiger partial charge in [0.1, 0.15) is 5.75 Å². The normalized spacial score (nSPS) is 30.4. The van der Waals surface area contributed by atoms with E-state index in [4.69, 9.17) is 0 Å². The molecule has 3 saturated heterocycles. The average Bonchev–Trinajstić information content (AvgIpc) is 2.41. The van der Waals surface area contributed by atoms with Crippen LogP contribution in [-0.2, 0) is 0 Å². The number of rotatable bonds is 2. The first kappa shape index (κ1) is 11.8. The first-order chi connectivity index (χ1) is 8.65. The van der Waals surface area contributed by atoms with E-state index in [0.29, 0.717) is 11.8 Å². The molecule has 0 aliphatic carbocycles. The van der Waals surface area contributed by atoms with E-state index < -0.39 is 0 Å². The van der Waals surface area contributed by atoms with Crippen LogP contribution < -0.4 is 5.32 Å². The van der Waals surface area contributed by atoms with Gasteiger partial charge >= 0.3 is 0 Å². The van der Waals surface area contributed by atoms with Crippen molar-refractivity contribution in [1.29, 1.82) is 0 Å². The van der Waals surface area contributed by atoms with Crippen molar-refractivity contribution in [3.05, 3.63) is 23.3 Å². The molecule has 3 fully saturated rings. The summed E-state index contributed by atoms with van der Waals surface area (Å²) < 4.78 is 0. The van der Waals surface area contributed by atoms with Gasteiger partial charge in [-0.25, -0.2) is 0 Å². The number of benzene rings is 1. The fourth-order valence-electron chi connectivity index (χ4n) is 3.32. The third-order valence-electron chi connectivity index (χ3n) is 4.63. The smallest absolute Gasteiger partial charge is 0.123 e. The fourth-order valence-corrected chi connectivity index (χ4v) is 3.32. The van der Waals surface area contributed by atoms with Crippen molar-refractivity contribution >= 4 is 5.69 Å². The summed E-state index contributed by atoms with van der Waals surface area (Å²) in [5.41, 5.74) is 3.02. The number of anilines is 1. The summed E-state index contributed by atoms with van der Waals surface area (Å²) >= 11 is 0. The van der Waals surface area contributed by atoms with Crippen LogP contribution in [0.5, 0.6) is 5.75 Å². The van der Waals surface area contributed by atoms with E-state index in [0.717, 1.165) is 29.3 Å². The summed E-state index contributed by atoms with van der Waals surface area (Å²) in [5, 5.41) is 13.6. The predicted molar refractivity (Wildman–Crippen MR) is 74.2 cm³/mol. The second kappa shape index (κ2) is 4.47. The lowest BCUT2D eigenvalue weighted by Gasteiger charge is -2.45. The van der Waals surface area contributed by atoms with Crippen LogP contribution >= 0.6 is 0 Å². The lowest BCUT2D eigenvalue weighted by Crippen LogP contribution is -2.53. The van der Waals surface area contributed by atoms with Crippen LogP contribution in [0.4, 0.5) is 5.69 Å². The molecule has 3 nitrogen and oxygen atoms in total. The van der Waals surface area contributed by atoms with Crippen molar-refractivity contribution in [2.45, 2.75) is 32.7 Å². The number of hydrogen-bond donors (Lipinski definition) is 2. The van der Waals surface area contributed by atoms with Crippen LogP contribution in [0.25, 0.3) is 0 Å². The molecular weight excluding hydrogens is 224 g/mol. The number of piperidine rings is 3. The highest BCUT2D eigenvalue weighted by molar-refractivity contribution is 5.59. The Morgan fingerprint density at radius 3 is 2.56 bits per heavy atom. The molecule has 3 aliphatic rings.